The van der Waals surface area contributed by atoms with Gasteiger partial charge in [-0.15, -0.1) is 0 Å². The summed E-state index contributed by atoms with van der Waals surface area (Å²) >= 11 is 0. The average Bonchev–Trinajstić information content (AvgIpc) is 2.89. The van der Waals surface area contributed by atoms with Crippen LogP contribution in [-0.4, -0.2) is 72.1 Å². The zero-order chi connectivity index (χ0) is 13.8. The normalized spacial score (nSPS) is 23.1. The second-order valence-electron chi connectivity index (χ2n) is 4.49. The van der Waals surface area contributed by atoms with Crippen molar-refractivity contribution in [2.75, 3.05) is 59.9 Å². The largest absolute Gasteiger partial charge is 0.382 e. The maximum atomic E-state index is 5.67. The third kappa shape index (κ3) is 8.52. The fourth-order valence-electron chi connectivity index (χ4n) is 1.87. The van der Waals surface area contributed by atoms with Crippen LogP contribution in [0, 0.1) is 0 Å². The number of methoxy groups -OCH3 is 1. The molecule has 1 fully saturated rings. The van der Waals surface area contributed by atoms with Gasteiger partial charge >= 0.3 is 0 Å². The summed E-state index contributed by atoms with van der Waals surface area (Å²) in [6.45, 7) is 4.81. The first kappa shape index (κ1) is 16.8. The summed E-state index contributed by atoms with van der Waals surface area (Å²) in [5.41, 5.74) is 5.54. The van der Waals surface area contributed by atoms with E-state index in [1.807, 2.05) is 0 Å². The third-order valence-electron chi connectivity index (χ3n) is 2.94. The molecule has 0 aromatic rings. The highest BCUT2D eigenvalue weighted by atomic mass is 16.6. The zero-order valence-electron chi connectivity index (χ0n) is 11.8. The van der Waals surface area contributed by atoms with Crippen LogP contribution >= 0.6 is 0 Å². The Balaban J connectivity index is 1.77. The summed E-state index contributed by atoms with van der Waals surface area (Å²) < 4.78 is 26.7. The third-order valence-corrected chi connectivity index (χ3v) is 2.94. The molecule has 1 saturated heterocycles. The zero-order valence-corrected chi connectivity index (χ0v) is 11.8. The van der Waals surface area contributed by atoms with Crippen molar-refractivity contribution in [3.8, 4) is 0 Å². The van der Waals surface area contributed by atoms with Crippen molar-refractivity contribution in [2.24, 2.45) is 5.73 Å². The number of nitrogens with two attached hydrogens (primary N) is 1. The van der Waals surface area contributed by atoms with Crippen LogP contribution in [0.25, 0.3) is 0 Å². The van der Waals surface area contributed by atoms with E-state index in [4.69, 9.17) is 29.4 Å². The van der Waals surface area contributed by atoms with Crippen molar-refractivity contribution in [3.63, 3.8) is 0 Å². The highest BCUT2D eigenvalue weighted by molar-refractivity contribution is 4.73. The van der Waals surface area contributed by atoms with E-state index in [2.05, 4.69) is 0 Å². The Morgan fingerprint density at radius 1 is 0.895 bits per heavy atom. The van der Waals surface area contributed by atoms with Crippen molar-refractivity contribution in [3.05, 3.63) is 0 Å². The van der Waals surface area contributed by atoms with Gasteiger partial charge in [0, 0.05) is 13.7 Å². The van der Waals surface area contributed by atoms with Gasteiger partial charge in [0.25, 0.3) is 0 Å². The lowest BCUT2D eigenvalue weighted by atomic mass is 10.2. The summed E-state index contributed by atoms with van der Waals surface area (Å²) in [6.07, 6.45) is 2.50. The quantitative estimate of drug-likeness (QED) is 0.513. The molecule has 1 aliphatic rings. The van der Waals surface area contributed by atoms with E-state index in [1.165, 1.54) is 0 Å². The molecule has 6 nitrogen and oxygen atoms in total. The Kier molecular flexibility index (Phi) is 10.2. The van der Waals surface area contributed by atoms with E-state index in [9.17, 15) is 0 Å². The van der Waals surface area contributed by atoms with Crippen LogP contribution in [0.3, 0.4) is 0 Å². The minimum absolute atomic E-state index is 0.200. The summed E-state index contributed by atoms with van der Waals surface area (Å²) in [4.78, 5) is 0. The smallest absolute Gasteiger partial charge is 0.0813 e. The lowest BCUT2D eigenvalue weighted by Gasteiger charge is -2.12. The summed E-state index contributed by atoms with van der Waals surface area (Å²) in [6, 6.07) is 0. The van der Waals surface area contributed by atoms with Crippen molar-refractivity contribution in [2.45, 2.75) is 25.0 Å². The molecule has 1 aliphatic heterocycles. The minimum Gasteiger partial charge on any atom is -0.382 e. The SMILES string of the molecule is COCCOCCOCCOCC1CCC(CN)O1. The van der Waals surface area contributed by atoms with Gasteiger partial charge in [-0.25, -0.2) is 0 Å². The van der Waals surface area contributed by atoms with Gasteiger partial charge in [-0.05, 0) is 12.8 Å². The first-order valence-electron chi connectivity index (χ1n) is 6.94. The second kappa shape index (κ2) is 11.6. The fraction of sp³-hybridized carbons (Fsp3) is 1.00. The van der Waals surface area contributed by atoms with E-state index in [0.717, 1.165) is 12.8 Å². The molecule has 0 aliphatic carbocycles. The van der Waals surface area contributed by atoms with Gasteiger partial charge in [0.15, 0.2) is 0 Å². The summed E-state index contributed by atoms with van der Waals surface area (Å²) in [7, 11) is 1.65. The molecule has 0 spiro atoms. The lowest BCUT2D eigenvalue weighted by Crippen LogP contribution is -2.23. The van der Waals surface area contributed by atoms with E-state index in [0.29, 0.717) is 52.8 Å². The summed E-state index contributed by atoms with van der Waals surface area (Å²) in [5.74, 6) is 0. The Bertz CT molecular complexity index is 205. The van der Waals surface area contributed by atoms with Gasteiger partial charge in [0.05, 0.1) is 58.5 Å². The molecule has 0 aromatic heterocycles. The number of ether oxygens (including phenoxy) is 5. The molecule has 19 heavy (non-hydrogen) atoms. The molecular formula is C13H27NO5. The van der Waals surface area contributed by atoms with E-state index in [-0.39, 0.29) is 12.2 Å². The Hall–Kier alpha value is -0.240. The van der Waals surface area contributed by atoms with Crippen LogP contribution in [0.2, 0.25) is 0 Å². The molecule has 0 saturated carbocycles. The number of hydrogen-bond acceptors (Lipinski definition) is 6. The predicted molar refractivity (Wildman–Crippen MR) is 71.3 cm³/mol. The molecule has 0 amide bonds. The lowest BCUT2D eigenvalue weighted by molar-refractivity contribution is -0.0336. The topological polar surface area (TPSA) is 72.2 Å². The van der Waals surface area contributed by atoms with Crippen LogP contribution in [-0.2, 0) is 23.7 Å². The first-order valence-corrected chi connectivity index (χ1v) is 6.94. The van der Waals surface area contributed by atoms with Gasteiger partial charge in [-0.1, -0.05) is 0 Å². The Labute approximate surface area is 115 Å². The molecule has 0 radical (unpaired) electrons. The second-order valence-corrected chi connectivity index (χ2v) is 4.49. The van der Waals surface area contributed by atoms with Gasteiger partial charge in [0.2, 0.25) is 0 Å². The highest BCUT2D eigenvalue weighted by Crippen LogP contribution is 2.18. The van der Waals surface area contributed by atoms with Crippen molar-refractivity contribution < 1.29 is 23.7 Å². The monoisotopic (exact) mass is 277 g/mol. The van der Waals surface area contributed by atoms with Crippen LogP contribution in [0.1, 0.15) is 12.8 Å². The molecule has 0 bridgehead atoms. The Morgan fingerprint density at radius 2 is 1.47 bits per heavy atom. The molecule has 114 valence electrons. The minimum atomic E-state index is 0.200. The van der Waals surface area contributed by atoms with Gasteiger partial charge in [-0.3, -0.25) is 0 Å². The van der Waals surface area contributed by atoms with E-state index in [1.54, 1.807) is 7.11 Å². The molecular weight excluding hydrogens is 250 g/mol. The molecule has 6 heteroatoms. The first-order chi connectivity index (χ1) is 9.36. The maximum absolute atomic E-state index is 5.67. The van der Waals surface area contributed by atoms with Gasteiger partial charge in [-0.2, -0.15) is 0 Å². The average molecular weight is 277 g/mol. The molecule has 2 unspecified atom stereocenters. The predicted octanol–water partition coefficient (Wildman–Crippen LogP) is 0.189. The molecule has 2 atom stereocenters. The molecule has 1 heterocycles. The Morgan fingerprint density at radius 3 is 2.05 bits per heavy atom. The molecule has 2 N–H and O–H groups in total. The van der Waals surface area contributed by atoms with Crippen LogP contribution in [0.5, 0.6) is 0 Å². The standard InChI is InChI=1S/C13H27NO5/c1-15-4-5-16-6-7-17-8-9-18-11-13-3-2-12(10-14)19-13/h12-13H,2-11,14H2,1H3. The van der Waals surface area contributed by atoms with Crippen LogP contribution < -0.4 is 5.73 Å². The number of rotatable bonds is 12. The van der Waals surface area contributed by atoms with Crippen molar-refractivity contribution >= 4 is 0 Å². The fourth-order valence-corrected chi connectivity index (χ4v) is 1.87. The van der Waals surface area contributed by atoms with Crippen LogP contribution in [0.15, 0.2) is 0 Å². The van der Waals surface area contributed by atoms with Gasteiger partial charge in [0.1, 0.15) is 0 Å². The maximum Gasteiger partial charge on any atom is 0.0813 e. The van der Waals surface area contributed by atoms with E-state index >= 15 is 0 Å². The van der Waals surface area contributed by atoms with E-state index < -0.39 is 0 Å². The molecule has 0 aromatic carbocycles. The molecule has 1 rings (SSSR count). The van der Waals surface area contributed by atoms with Crippen molar-refractivity contribution in [1.29, 1.82) is 0 Å². The van der Waals surface area contributed by atoms with Crippen LogP contribution in [0.4, 0.5) is 0 Å². The summed E-state index contributed by atoms with van der Waals surface area (Å²) in [5, 5.41) is 0. The van der Waals surface area contributed by atoms with Crippen molar-refractivity contribution in [1.82, 2.24) is 0 Å². The highest BCUT2D eigenvalue weighted by Gasteiger charge is 2.23. The number of hydrogen-bond donors (Lipinski definition) is 1. The van der Waals surface area contributed by atoms with Gasteiger partial charge < -0.3 is 29.4 Å².